The van der Waals surface area contributed by atoms with Gasteiger partial charge in [0.1, 0.15) is 35.3 Å². The number of piperazine rings is 2. The van der Waals surface area contributed by atoms with E-state index in [-0.39, 0.29) is 52.8 Å². The highest BCUT2D eigenvalue weighted by molar-refractivity contribution is 7.13. The zero-order chi connectivity index (χ0) is 57.0. The number of aromatic hydroxyl groups is 1. The molecule has 19 heteroatoms. The number of rotatable bonds is 17. The van der Waals surface area contributed by atoms with E-state index < -0.39 is 5.82 Å². The summed E-state index contributed by atoms with van der Waals surface area (Å²) < 4.78 is 29.2. The zero-order valence-corrected chi connectivity index (χ0v) is 49.1. The van der Waals surface area contributed by atoms with Crippen LogP contribution in [-0.4, -0.2) is 154 Å². The van der Waals surface area contributed by atoms with Crippen molar-refractivity contribution in [3.8, 4) is 33.5 Å². The Kier molecular flexibility index (Phi) is 17.6. The number of ether oxygens (including phenoxy) is 1. The first-order chi connectivity index (χ1) is 39.8. The fraction of sp³-hybridized carbons (Fsp3) is 0.508. The fourth-order valence-electron chi connectivity index (χ4n) is 13.1. The molecule has 434 valence electrons. The number of hydrogen-bond acceptors (Lipinski definition) is 16. The molecule has 9 heterocycles. The predicted molar refractivity (Wildman–Crippen MR) is 321 cm³/mol. The second-order valence-corrected chi connectivity index (χ2v) is 24.4. The van der Waals surface area contributed by atoms with Crippen molar-refractivity contribution in [1.29, 1.82) is 0 Å². The third-order valence-corrected chi connectivity index (χ3v) is 18.7. The van der Waals surface area contributed by atoms with Gasteiger partial charge in [-0.15, -0.1) is 11.3 Å². The van der Waals surface area contributed by atoms with Crippen LogP contribution >= 0.6 is 11.3 Å². The largest absolute Gasteiger partial charge is 0.508 e. The third kappa shape index (κ3) is 12.4. The molecule has 0 spiro atoms. The van der Waals surface area contributed by atoms with Gasteiger partial charge in [0.05, 0.1) is 27.5 Å². The highest BCUT2D eigenvalue weighted by Gasteiger charge is 2.38. The highest BCUT2D eigenvalue weighted by Crippen LogP contribution is 2.40. The standard InChI is InChI=1S/C50H65FN10O4.C13H14N2OS/c1-5-34-9-6-10-35-24-38(62)25-39(44(34)35)46-45(51)47-40(27-52-46)48(60-29-36-11-12-37(30-60)53-36)55-50(54-47)64-23-22-57-16-13-33(14-17-57)28-58-18-20-59(21-19-58)42-26-41(65-56-42)43(31(2)3)49(63)61-15-7-8-32(61)4;1-9(14-7-16)11-3-5-12(6-4-11)13-10(2)15-8-17-13/h6,9-10,24-27,31-33,36-37,43,53,62H,5,7-8,11-23,28-30H2,1-4H3;3-9H,1-2H3,(H,14,16). The van der Waals surface area contributed by atoms with Gasteiger partial charge in [-0.25, -0.2) is 9.37 Å². The maximum atomic E-state index is 17.0. The number of likely N-dealkylation sites (tertiary alicyclic amines) is 2. The normalized spacial score (nSPS) is 20.6. The van der Waals surface area contributed by atoms with Crippen LogP contribution in [0.3, 0.4) is 0 Å². The van der Waals surface area contributed by atoms with Crippen molar-refractivity contribution in [1.82, 2.24) is 50.4 Å². The molecule has 5 saturated heterocycles. The lowest BCUT2D eigenvalue weighted by atomic mass is 9.91. The summed E-state index contributed by atoms with van der Waals surface area (Å²) in [6.07, 6.45) is 9.76. The molecule has 2 bridgehead atoms. The number of carbonyl (C=O) groups excluding carboxylic acids is 2. The van der Waals surface area contributed by atoms with Crippen LogP contribution in [0.15, 0.2) is 76.9 Å². The number of halogens is 1. The average molecular weight is 1140 g/mol. The van der Waals surface area contributed by atoms with Gasteiger partial charge in [-0.3, -0.25) is 24.4 Å². The monoisotopic (exact) mass is 1130 g/mol. The molecule has 0 aliphatic carbocycles. The van der Waals surface area contributed by atoms with E-state index in [2.05, 4.69) is 80.2 Å². The van der Waals surface area contributed by atoms with Crippen LogP contribution in [0.5, 0.6) is 11.8 Å². The van der Waals surface area contributed by atoms with E-state index in [0.29, 0.717) is 47.1 Å². The molecule has 0 radical (unpaired) electrons. The lowest BCUT2D eigenvalue weighted by molar-refractivity contribution is -0.134. The van der Waals surface area contributed by atoms with E-state index in [9.17, 15) is 14.7 Å². The summed E-state index contributed by atoms with van der Waals surface area (Å²) in [7, 11) is 0. The van der Waals surface area contributed by atoms with E-state index in [1.165, 1.54) is 10.4 Å². The van der Waals surface area contributed by atoms with Crippen LogP contribution in [0.25, 0.3) is 43.4 Å². The molecule has 0 saturated carbocycles. The van der Waals surface area contributed by atoms with E-state index in [1.54, 1.807) is 29.7 Å². The van der Waals surface area contributed by atoms with E-state index in [0.717, 1.165) is 157 Å². The maximum absolute atomic E-state index is 17.0. The molecule has 3 N–H and O–H groups in total. The molecule has 82 heavy (non-hydrogen) atoms. The summed E-state index contributed by atoms with van der Waals surface area (Å²) in [6.45, 7) is 22.7. The summed E-state index contributed by atoms with van der Waals surface area (Å²) in [6, 6.07) is 20.7. The minimum absolute atomic E-state index is 0.0455. The molecule has 3 aromatic carbocycles. The van der Waals surface area contributed by atoms with Crippen LogP contribution in [0.1, 0.15) is 108 Å². The summed E-state index contributed by atoms with van der Waals surface area (Å²) in [5, 5.41) is 23.9. The first kappa shape index (κ1) is 57.0. The molecule has 17 nitrogen and oxygen atoms in total. The molecule has 5 unspecified atom stereocenters. The number of thiazole rings is 1. The molecule has 4 aromatic heterocycles. The zero-order valence-electron chi connectivity index (χ0n) is 48.3. The quantitative estimate of drug-likeness (QED) is 0.0733. The smallest absolute Gasteiger partial charge is 0.319 e. The Labute approximate surface area is 484 Å². The number of hydrogen-bond donors (Lipinski definition) is 3. The number of anilines is 2. The third-order valence-electron chi connectivity index (χ3n) is 17.7. The van der Waals surface area contributed by atoms with Crippen molar-refractivity contribution in [2.75, 3.05) is 88.4 Å². The first-order valence-corrected chi connectivity index (χ1v) is 30.6. The van der Waals surface area contributed by atoms with Gasteiger partial charge in [0.2, 0.25) is 12.3 Å². The second kappa shape index (κ2) is 25.4. The summed E-state index contributed by atoms with van der Waals surface area (Å²) >= 11 is 1.64. The number of carbonyl (C=O) groups is 2. The highest BCUT2D eigenvalue weighted by atomic mass is 32.1. The number of phenolic OH excluding ortho intramolecular Hbond substituents is 1. The Hall–Kier alpha value is -6.80. The number of fused-ring (bicyclic) bond motifs is 4. The van der Waals surface area contributed by atoms with Gasteiger partial charge in [-0.1, -0.05) is 68.4 Å². The fourth-order valence-corrected chi connectivity index (χ4v) is 13.9. The van der Waals surface area contributed by atoms with Crippen LogP contribution in [0.4, 0.5) is 16.0 Å². The van der Waals surface area contributed by atoms with Gasteiger partial charge in [0.25, 0.3) is 0 Å². The van der Waals surface area contributed by atoms with Gasteiger partial charge in [-0.2, -0.15) is 9.97 Å². The summed E-state index contributed by atoms with van der Waals surface area (Å²) in [4.78, 5) is 55.4. The first-order valence-electron chi connectivity index (χ1n) is 29.7. The van der Waals surface area contributed by atoms with Gasteiger partial charge in [0.15, 0.2) is 17.4 Å². The number of amides is 2. The minimum Gasteiger partial charge on any atom is -0.508 e. The van der Waals surface area contributed by atoms with Gasteiger partial charge >= 0.3 is 6.01 Å². The van der Waals surface area contributed by atoms with Crippen LogP contribution < -0.4 is 25.2 Å². The topological polar surface area (TPSA) is 181 Å². The minimum atomic E-state index is -0.543. The molecular weight excluding hydrogens is 1060 g/mol. The van der Waals surface area contributed by atoms with Crippen molar-refractivity contribution in [2.45, 2.75) is 117 Å². The van der Waals surface area contributed by atoms with Gasteiger partial charge in [0, 0.05) is 94.9 Å². The Bertz CT molecular complexity index is 3330. The molecule has 5 aliphatic heterocycles. The number of phenols is 1. The van der Waals surface area contributed by atoms with Crippen molar-refractivity contribution < 1.29 is 28.3 Å². The summed E-state index contributed by atoms with van der Waals surface area (Å²) in [5.74, 6) is 2.30. The number of piperidine rings is 1. The van der Waals surface area contributed by atoms with Crippen molar-refractivity contribution in [3.63, 3.8) is 0 Å². The van der Waals surface area contributed by atoms with Gasteiger partial charge in [-0.05, 0) is 130 Å². The molecular formula is C63H79FN12O5S. The number of nitrogens with zero attached hydrogens (tertiary/aromatic N) is 10. The maximum Gasteiger partial charge on any atom is 0.319 e. The molecule has 12 rings (SSSR count). The Morgan fingerprint density at radius 1 is 0.927 bits per heavy atom. The second-order valence-electron chi connectivity index (χ2n) is 23.6. The predicted octanol–water partition coefficient (Wildman–Crippen LogP) is 9.77. The Morgan fingerprint density at radius 2 is 1.70 bits per heavy atom. The number of nitrogens with one attached hydrogen (secondary N) is 2. The molecule has 5 aliphatic rings. The van der Waals surface area contributed by atoms with Crippen molar-refractivity contribution in [2.24, 2.45) is 11.8 Å². The molecule has 7 aromatic rings. The molecule has 2 amide bonds. The van der Waals surface area contributed by atoms with Crippen molar-refractivity contribution in [3.05, 3.63) is 101 Å². The Morgan fingerprint density at radius 3 is 2.38 bits per heavy atom. The summed E-state index contributed by atoms with van der Waals surface area (Å²) in [5.41, 5.74) is 7.12. The van der Waals surface area contributed by atoms with E-state index >= 15 is 4.39 Å². The van der Waals surface area contributed by atoms with Crippen LogP contribution in [0.2, 0.25) is 0 Å². The lowest BCUT2D eigenvalue weighted by Crippen LogP contribution is -2.51. The number of aryl methyl sites for hydroxylation is 2. The molecule has 5 atom stereocenters. The van der Waals surface area contributed by atoms with Crippen LogP contribution in [-0.2, 0) is 16.0 Å². The number of aromatic nitrogens is 5. The number of pyridine rings is 1. The van der Waals surface area contributed by atoms with Gasteiger partial charge < -0.3 is 39.7 Å². The molecule has 5 fully saturated rings. The van der Waals surface area contributed by atoms with E-state index in [1.807, 2.05) is 60.7 Å². The van der Waals surface area contributed by atoms with E-state index in [4.69, 9.17) is 24.2 Å². The number of benzene rings is 3. The van der Waals surface area contributed by atoms with Crippen LogP contribution in [0, 0.1) is 24.6 Å². The van der Waals surface area contributed by atoms with Crippen molar-refractivity contribution >= 4 is 57.0 Å². The average Bonchev–Trinajstić information content (AvgIpc) is 4.44. The lowest BCUT2D eigenvalue weighted by Gasteiger charge is -2.38. The Balaban J connectivity index is 0.000000355. The SMILES string of the molecule is CCc1cccc2cc(O)cc(-c3ncc4c(N5CC6CCC(C5)N6)nc(OCCN5CCC(CN6CCN(c7cc(C(C(=O)N8CCCC8C)C(C)C)on7)CC6)CC5)nc4c3F)c12.Cc1ncsc1-c1ccc(C(C)NC=O)cc1.